The summed E-state index contributed by atoms with van der Waals surface area (Å²) in [4.78, 5) is 13.4. The summed E-state index contributed by atoms with van der Waals surface area (Å²) in [5.41, 5.74) is 2.61. The lowest BCUT2D eigenvalue weighted by Gasteiger charge is -2.24. The van der Waals surface area contributed by atoms with Crippen molar-refractivity contribution in [3.8, 4) is 5.75 Å². The molecule has 1 atom stereocenters. The third-order valence-electron chi connectivity index (χ3n) is 3.95. The first-order valence-electron chi connectivity index (χ1n) is 7.30. The average Bonchev–Trinajstić information content (AvgIpc) is 3.22. The van der Waals surface area contributed by atoms with Crippen LogP contribution in [0.2, 0.25) is 0 Å². The van der Waals surface area contributed by atoms with E-state index in [0.29, 0.717) is 18.0 Å². The molecule has 1 aromatic carbocycles. The number of aromatic amines is 1. The molecule has 1 aliphatic rings. The van der Waals surface area contributed by atoms with Crippen LogP contribution in [0.3, 0.4) is 0 Å². The highest BCUT2D eigenvalue weighted by Gasteiger charge is 2.28. The minimum atomic E-state index is -0.921. The molecule has 22 heavy (non-hydrogen) atoms. The zero-order chi connectivity index (χ0) is 15.7. The molecule has 0 amide bonds. The second kappa shape index (κ2) is 5.81. The van der Waals surface area contributed by atoms with Gasteiger partial charge in [-0.3, -0.25) is 14.8 Å². The van der Waals surface area contributed by atoms with Gasteiger partial charge in [0, 0.05) is 18.2 Å². The third kappa shape index (κ3) is 3.12. The number of hydrogen-bond acceptors (Lipinski definition) is 4. The van der Waals surface area contributed by atoms with Gasteiger partial charge in [0.15, 0.2) is 0 Å². The number of aliphatic carboxylic acids is 1. The minimum absolute atomic E-state index is 0.123. The number of aromatic hydroxyl groups is 1. The predicted octanol–water partition coefficient (Wildman–Crippen LogP) is 2.25. The summed E-state index contributed by atoms with van der Waals surface area (Å²) in [6.45, 7) is 0.470. The first-order chi connectivity index (χ1) is 10.5. The van der Waals surface area contributed by atoms with Gasteiger partial charge in [0.2, 0.25) is 0 Å². The van der Waals surface area contributed by atoms with Gasteiger partial charge < -0.3 is 10.2 Å². The summed E-state index contributed by atoms with van der Waals surface area (Å²) in [7, 11) is 1.77. The number of H-pyrrole nitrogens is 1. The van der Waals surface area contributed by atoms with Gasteiger partial charge in [-0.15, -0.1) is 0 Å². The average molecular weight is 301 g/mol. The van der Waals surface area contributed by atoms with Crippen LogP contribution in [0.25, 0.3) is 0 Å². The summed E-state index contributed by atoms with van der Waals surface area (Å²) >= 11 is 0. The number of benzene rings is 1. The summed E-state index contributed by atoms with van der Waals surface area (Å²) in [6.07, 6.45) is 2.37. The maximum Gasteiger partial charge on any atom is 0.325 e. The molecule has 1 aromatic heterocycles. The molecule has 6 heteroatoms. The van der Waals surface area contributed by atoms with E-state index in [1.807, 2.05) is 6.07 Å². The van der Waals surface area contributed by atoms with Crippen molar-refractivity contribution in [3.05, 3.63) is 47.3 Å². The molecule has 0 bridgehead atoms. The lowest BCUT2D eigenvalue weighted by Crippen LogP contribution is -2.30. The largest absolute Gasteiger partial charge is 0.508 e. The quantitative estimate of drug-likeness (QED) is 0.761. The van der Waals surface area contributed by atoms with E-state index in [2.05, 4.69) is 10.2 Å². The Labute approximate surface area is 128 Å². The fraction of sp³-hybridized carbons (Fsp3) is 0.375. The van der Waals surface area contributed by atoms with Crippen molar-refractivity contribution in [1.82, 2.24) is 15.1 Å². The van der Waals surface area contributed by atoms with Crippen LogP contribution in [0.1, 0.15) is 41.8 Å². The molecule has 1 heterocycles. The van der Waals surface area contributed by atoms with E-state index in [9.17, 15) is 15.0 Å². The van der Waals surface area contributed by atoms with Crippen LogP contribution < -0.4 is 0 Å². The van der Waals surface area contributed by atoms with Crippen LogP contribution in [0.4, 0.5) is 0 Å². The fourth-order valence-electron chi connectivity index (χ4n) is 2.65. The highest BCUT2D eigenvalue weighted by Crippen LogP contribution is 2.39. The molecular formula is C16H19N3O3. The van der Waals surface area contributed by atoms with Crippen molar-refractivity contribution < 1.29 is 15.0 Å². The van der Waals surface area contributed by atoms with E-state index in [-0.39, 0.29) is 5.75 Å². The Balaban J connectivity index is 1.75. The highest BCUT2D eigenvalue weighted by atomic mass is 16.4. The molecule has 0 unspecified atom stereocenters. The number of aromatic nitrogens is 2. The van der Waals surface area contributed by atoms with E-state index in [0.717, 1.165) is 11.4 Å². The Kier molecular flexibility index (Phi) is 3.85. The standard InChI is InChI=1S/C16H19N3O3/c1-19(9-12-8-14(18-17-12)10-2-3-10)15(16(21)22)11-4-6-13(20)7-5-11/h4-8,10,15,20H,2-3,9H2,1H3,(H,17,18)(H,21,22)/t15-/m1/s1. The second-order valence-corrected chi connectivity index (χ2v) is 5.84. The van der Waals surface area contributed by atoms with Gasteiger partial charge in [-0.1, -0.05) is 12.1 Å². The number of carbonyl (C=O) groups is 1. The molecule has 0 aliphatic heterocycles. The molecule has 3 rings (SSSR count). The van der Waals surface area contributed by atoms with Crippen LogP contribution in [0, 0.1) is 0 Å². The first-order valence-corrected chi connectivity index (χ1v) is 7.30. The van der Waals surface area contributed by atoms with Crippen LogP contribution in [-0.2, 0) is 11.3 Å². The molecule has 0 radical (unpaired) electrons. The molecule has 0 saturated heterocycles. The lowest BCUT2D eigenvalue weighted by atomic mass is 10.1. The number of nitrogens with zero attached hydrogens (tertiary/aromatic N) is 2. The Morgan fingerprint density at radius 2 is 2.09 bits per heavy atom. The van der Waals surface area contributed by atoms with Gasteiger partial charge in [0.25, 0.3) is 0 Å². The van der Waals surface area contributed by atoms with Gasteiger partial charge in [0.05, 0.1) is 5.69 Å². The number of rotatable bonds is 6. The van der Waals surface area contributed by atoms with Crippen molar-refractivity contribution in [2.75, 3.05) is 7.05 Å². The van der Waals surface area contributed by atoms with Crippen molar-refractivity contribution in [1.29, 1.82) is 0 Å². The zero-order valence-corrected chi connectivity index (χ0v) is 12.4. The molecule has 1 saturated carbocycles. The molecule has 3 N–H and O–H groups in total. The van der Waals surface area contributed by atoms with Gasteiger partial charge in [0.1, 0.15) is 11.8 Å². The van der Waals surface area contributed by atoms with Crippen LogP contribution in [0.5, 0.6) is 5.75 Å². The van der Waals surface area contributed by atoms with Crippen molar-refractivity contribution in [2.24, 2.45) is 0 Å². The number of phenolic OH excluding ortho intramolecular Hbond substituents is 1. The topological polar surface area (TPSA) is 89.5 Å². The molecule has 1 aliphatic carbocycles. The Morgan fingerprint density at radius 1 is 1.41 bits per heavy atom. The number of nitrogens with one attached hydrogen (secondary N) is 1. The summed E-state index contributed by atoms with van der Waals surface area (Å²) < 4.78 is 0. The van der Waals surface area contributed by atoms with Gasteiger partial charge >= 0.3 is 5.97 Å². The van der Waals surface area contributed by atoms with Crippen molar-refractivity contribution in [2.45, 2.75) is 31.3 Å². The number of likely N-dealkylation sites (N-methyl/N-ethyl adjacent to an activating group) is 1. The maximum atomic E-state index is 11.6. The molecule has 6 nitrogen and oxygen atoms in total. The van der Waals surface area contributed by atoms with Crippen molar-refractivity contribution >= 4 is 5.97 Å². The van der Waals surface area contributed by atoms with E-state index in [1.165, 1.54) is 25.0 Å². The smallest absolute Gasteiger partial charge is 0.325 e. The molecule has 116 valence electrons. The highest BCUT2D eigenvalue weighted by molar-refractivity contribution is 5.75. The maximum absolute atomic E-state index is 11.6. The number of phenols is 1. The summed E-state index contributed by atoms with van der Waals surface area (Å²) in [6, 6.07) is 7.51. The first kappa shape index (κ1) is 14.6. The summed E-state index contributed by atoms with van der Waals surface area (Å²) in [5, 5.41) is 26.1. The number of carboxylic acid groups (broad SMARTS) is 1. The SMILES string of the molecule is CN(Cc1cc(C2CC2)n[nH]1)[C@@H](C(=O)O)c1ccc(O)cc1. The van der Waals surface area contributed by atoms with E-state index in [1.54, 1.807) is 24.1 Å². The third-order valence-corrected chi connectivity index (χ3v) is 3.95. The minimum Gasteiger partial charge on any atom is -0.508 e. The van der Waals surface area contributed by atoms with Crippen molar-refractivity contribution in [3.63, 3.8) is 0 Å². The van der Waals surface area contributed by atoms with E-state index < -0.39 is 12.0 Å². The second-order valence-electron chi connectivity index (χ2n) is 5.84. The van der Waals surface area contributed by atoms with Crippen LogP contribution in [-0.4, -0.2) is 38.3 Å². The predicted molar refractivity (Wildman–Crippen MR) is 80.5 cm³/mol. The van der Waals surface area contributed by atoms with Crippen LogP contribution >= 0.6 is 0 Å². The van der Waals surface area contributed by atoms with Crippen LogP contribution in [0.15, 0.2) is 30.3 Å². The Bertz CT molecular complexity index is 662. The van der Waals surface area contributed by atoms with E-state index >= 15 is 0 Å². The molecule has 0 spiro atoms. The normalized spacial score (nSPS) is 15.9. The number of hydrogen-bond donors (Lipinski definition) is 3. The molecule has 1 fully saturated rings. The molecule has 2 aromatic rings. The fourth-order valence-corrected chi connectivity index (χ4v) is 2.65. The number of carboxylic acids is 1. The van der Waals surface area contributed by atoms with E-state index in [4.69, 9.17) is 0 Å². The zero-order valence-electron chi connectivity index (χ0n) is 12.4. The molecular weight excluding hydrogens is 282 g/mol. The van der Waals surface area contributed by atoms with Gasteiger partial charge in [-0.2, -0.15) is 5.10 Å². The lowest BCUT2D eigenvalue weighted by molar-refractivity contribution is -0.143. The Morgan fingerprint density at radius 3 is 2.68 bits per heavy atom. The summed E-state index contributed by atoms with van der Waals surface area (Å²) in [5.74, 6) is -0.226. The van der Waals surface area contributed by atoms with Gasteiger partial charge in [-0.25, -0.2) is 0 Å². The Hall–Kier alpha value is -2.34. The van der Waals surface area contributed by atoms with Gasteiger partial charge in [-0.05, 0) is 43.7 Å². The monoisotopic (exact) mass is 301 g/mol.